The Bertz CT molecular complexity index is 966. The van der Waals surface area contributed by atoms with E-state index in [1.165, 1.54) is 0 Å². The number of aryl methyl sites for hydroxylation is 2. The van der Waals surface area contributed by atoms with Crippen LogP contribution in [0.25, 0.3) is 0 Å². The number of ether oxygens (including phenoxy) is 3. The summed E-state index contributed by atoms with van der Waals surface area (Å²) in [6.07, 6.45) is 1.57. The van der Waals surface area contributed by atoms with Gasteiger partial charge in [0.1, 0.15) is 38.6 Å². The lowest BCUT2D eigenvalue weighted by molar-refractivity contribution is 0.362. The minimum atomic E-state index is 0.179. The molecule has 0 fully saturated rings. The highest BCUT2D eigenvalue weighted by atomic mass is 79.9. The summed E-state index contributed by atoms with van der Waals surface area (Å²) in [5.41, 5.74) is 0.867. The zero-order chi connectivity index (χ0) is 20.1. The predicted molar refractivity (Wildman–Crippen MR) is 114 cm³/mol. The van der Waals surface area contributed by atoms with Crippen molar-refractivity contribution in [2.24, 2.45) is 7.05 Å². The van der Waals surface area contributed by atoms with E-state index >= 15 is 0 Å². The summed E-state index contributed by atoms with van der Waals surface area (Å²) in [6, 6.07) is 14.6. The van der Waals surface area contributed by atoms with Crippen molar-refractivity contribution in [2.75, 3.05) is 6.61 Å². The zero-order valence-electron chi connectivity index (χ0n) is 15.2. The molecule has 0 atom stereocenters. The highest BCUT2D eigenvalue weighted by molar-refractivity contribution is 9.10. The summed E-state index contributed by atoms with van der Waals surface area (Å²) in [4.78, 5) is 0. The molecule has 0 spiro atoms. The SMILES string of the molecule is Cc1nn(C)c(Oc2ccc(Oc3ccc(OCC=C(Cl)Cl)cc3)cc2)c1Br. The topological polar surface area (TPSA) is 45.5 Å². The van der Waals surface area contributed by atoms with E-state index in [4.69, 9.17) is 37.4 Å². The van der Waals surface area contributed by atoms with Crippen molar-refractivity contribution >= 4 is 39.1 Å². The van der Waals surface area contributed by atoms with Crippen LogP contribution in [0.1, 0.15) is 5.69 Å². The summed E-state index contributed by atoms with van der Waals surface area (Å²) < 4.78 is 19.9. The maximum atomic E-state index is 5.89. The van der Waals surface area contributed by atoms with Crippen LogP contribution in [0.4, 0.5) is 0 Å². The van der Waals surface area contributed by atoms with Gasteiger partial charge in [0.15, 0.2) is 0 Å². The third kappa shape index (κ3) is 5.44. The Morgan fingerprint density at radius 1 is 0.964 bits per heavy atom. The van der Waals surface area contributed by atoms with Gasteiger partial charge < -0.3 is 14.2 Å². The van der Waals surface area contributed by atoms with Crippen molar-refractivity contribution < 1.29 is 14.2 Å². The number of nitrogens with zero attached hydrogens (tertiary/aromatic N) is 2. The fraction of sp³-hybridized carbons (Fsp3) is 0.150. The van der Waals surface area contributed by atoms with Crippen molar-refractivity contribution in [3.63, 3.8) is 0 Å². The third-order valence-corrected chi connectivity index (χ3v) is 4.91. The highest BCUT2D eigenvalue weighted by Gasteiger charge is 2.12. The first kappa shape index (κ1) is 20.6. The second-order valence-corrected chi connectivity index (χ2v) is 7.58. The molecule has 5 nitrogen and oxygen atoms in total. The molecule has 28 heavy (non-hydrogen) atoms. The van der Waals surface area contributed by atoms with Crippen molar-refractivity contribution in [1.82, 2.24) is 9.78 Å². The van der Waals surface area contributed by atoms with Gasteiger partial charge in [0.25, 0.3) is 0 Å². The van der Waals surface area contributed by atoms with Gasteiger partial charge in [0, 0.05) is 7.05 Å². The van der Waals surface area contributed by atoms with E-state index in [0.717, 1.165) is 10.2 Å². The normalized spacial score (nSPS) is 10.5. The Hall–Kier alpha value is -2.15. The van der Waals surface area contributed by atoms with E-state index in [-0.39, 0.29) is 4.49 Å². The Kier molecular flexibility index (Phi) is 6.88. The van der Waals surface area contributed by atoms with Gasteiger partial charge >= 0.3 is 0 Å². The van der Waals surface area contributed by atoms with E-state index in [1.54, 1.807) is 10.8 Å². The molecular formula is C20H17BrCl2N2O3. The van der Waals surface area contributed by atoms with Gasteiger partial charge in [0.2, 0.25) is 5.88 Å². The Balaban J connectivity index is 1.60. The Labute approximate surface area is 181 Å². The van der Waals surface area contributed by atoms with Gasteiger partial charge in [-0.15, -0.1) is 0 Å². The van der Waals surface area contributed by atoms with Crippen LogP contribution >= 0.6 is 39.1 Å². The van der Waals surface area contributed by atoms with Gasteiger partial charge in [-0.2, -0.15) is 5.10 Å². The Morgan fingerprint density at radius 2 is 1.46 bits per heavy atom. The molecule has 146 valence electrons. The minimum absolute atomic E-state index is 0.179. The van der Waals surface area contributed by atoms with E-state index in [2.05, 4.69) is 21.0 Å². The second-order valence-electron chi connectivity index (χ2n) is 5.78. The summed E-state index contributed by atoms with van der Waals surface area (Å²) in [5, 5.41) is 4.31. The molecule has 0 unspecified atom stereocenters. The summed E-state index contributed by atoms with van der Waals surface area (Å²) in [7, 11) is 1.83. The molecule has 0 aliphatic heterocycles. The average molecular weight is 484 g/mol. The minimum Gasteiger partial charge on any atom is -0.489 e. The van der Waals surface area contributed by atoms with Crippen LogP contribution in [0.3, 0.4) is 0 Å². The molecule has 0 bridgehead atoms. The summed E-state index contributed by atoms with van der Waals surface area (Å²) in [6.45, 7) is 2.21. The van der Waals surface area contributed by atoms with Crippen LogP contribution in [0, 0.1) is 6.92 Å². The van der Waals surface area contributed by atoms with Crippen molar-refractivity contribution in [2.45, 2.75) is 6.92 Å². The fourth-order valence-electron chi connectivity index (χ4n) is 2.35. The smallest absolute Gasteiger partial charge is 0.232 e. The summed E-state index contributed by atoms with van der Waals surface area (Å²) >= 11 is 14.6. The third-order valence-electron chi connectivity index (χ3n) is 3.68. The number of hydrogen-bond donors (Lipinski definition) is 0. The molecule has 0 N–H and O–H groups in total. The molecule has 2 aromatic carbocycles. The van der Waals surface area contributed by atoms with E-state index in [1.807, 2.05) is 62.5 Å². The highest BCUT2D eigenvalue weighted by Crippen LogP contribution is 2.33. The molecular weight excluding hydrogens is 467 g/mol. The molecule has 3 aromatic rings. The number of rotatable bonds is 7. The quantitative estimate of drug-likeness (QED) is 0.371. The first-order valence-electron chi connectivity index (χ1n) is 8.31. The van der Waals surface area contributed by atoms with Crippen molar-refractivity contribution in [3.8, 4) is 28.9 Å². The first-order valence-corrected chi connectivity index (χ1v) is 9.86. The number of aromatic nitrogens is 2. The maximum Gasteiger partial charge on any atom is 0.232 e. The van der Waals surface area contributed by atoms with Crippen molar-refractivity contribution in [3.05, 3.63) is 69.3 Å². The molecule has 0 saturated heterocycles. The molecule has 0 aliphatic rings. The first-order chi connectivity index (χ1) is 13.4. The van der Waals surface area contributed by atoms with Crippen LogP contribution in [-0.4, -0.2) is 16.4 Å². The van der Waals surface area contributed by atoms with Crippen LogP contribution in [0.15, 0.2) is 63.6 Å². The van der Waals surface area contributed by atoms with Crippen molar-refractivity contribution in [1.29, 1.82) is 0 Å². The number of benzene rings is 2. The lowest BCUT2D eigenvalue weighted by Crippen LogP contribution is -1.95. The monoisotopic (exact) mass is 482 g/mol. The number of hydrogen-bond acceptors (Lipinski definition) is 4. The largest absolute Gasteiger partial charge is 0.489 e. The van der Waals surface area contributed by atoms with Crippen LogP contribution in [0.5, 0.6) is 28.9 Å². The average Bonchev–Trinajstić information content (AvgIpc) is 2.90. The molecule has 3 rings (SSSR count). The van der Waals surface area contributed by atoms with Crippen LogP contribution < -0.4 is 14.2 Å². The van der Waals surface area contributed by atoms with E-state index in [0.29, 0.717) is 35.5 Å². The van der Waals surface area contributed by atoms with Gasteiger partial charge in [-0.25, -0.2) is 4.68 Å². The number of halogens is 3. The predicted octanol–water partition coefficient (Wildman–Crippen LogP) is 6.77. The second kappa shape index (κ2) is 9.37. The van der Waals surface area contributed by atoms with Gasteiger partial charge in [0.05, 0.1) is 5.69 Å². The molecule has 0 aliphatic carbocycles. The van der Waals surface area contributed by atoms with E-state index in [9.17, 15) is 0 Å². The fourth-order valence-corrected chi connectivity index (χ4v) is 2.89. The van der Waals surface area contributed by atoms with Crippen LogP contribution in [0.2, 0.25) is 0 Å². The lowest BCUT2D eigenvalue weighted by Gasteiger charge is -2.09. The molecule has 8 heteroatoms. The summed E-state index contributed by atoms with van der Waals surface area (Å²) in [5.74, 6) is 3.41. The molecule has 0 amide bonds. The van der Waals surface area contributed by atoms with E-state index < -0.39 is 0 Å². The molecule has 0 saturated carbocycles. The standard InChI is InChI=1S/C20H17BrCl2N2O3/c1-13-19(21)20(25(2)24-13)28-17-9-7-16(8-10-17)27-15-5-3-14(4-6-15)26-12-11-18(22)23/h3-11H,12H2,1-2H3. The zero-order valence-corrected chi connectivity index (χ0v) is 18.3. The van der Waals surface area contributed by atoms with Gasteiger partial charge in [-0.3, -0.25) is 0 Å². The van der Waals surface area contributed by atoms with Gasteiger partial charge in [-0.05, 0) is 77.5 Å². The Morgan fingerprint density at radius 3 is 1.93 bits per heavy atom. The van der Waals surface area contributed by atoms with Gasteiger partial charge in [-0.1, -0.05) is 23.2 Å². The van der Waals surface area contributed by atoms with Crippen LogP contribution in [-0.2, 0) is 7.05 Å². The molecule has 1 heterocycles. The molecule has 1 aromatic heterocycles. The maximum absolute atomic E-state index is 5.89. The lowest BCUT2D eigenvalue weighted by atomic mass is 10.3. The molecule has 0 radical (unpaired) electrons.